The van der Waals surface area contributed by atoms with E-state index in [0.29, 0.717) is 25.3 Å². The molecular weight excluding hydrogens is 384 g/mol. The number of Topliss-reactive ketones (excluding diaryl/α,β-unsaturated/α-hetero) is 1. The highest BCUT2D eigenvalue weighted by atomic mass is 16.5. The number of ether oxygens (including phenoxy) is 2. The van der Waals surface area contributed by atoms with Gasteiger partial charge in [0.05, 0.1) is 20.1 Å². The molecule has 3 rings (SSSR count). The molecule has 2 aromatic rings. The number of rotatable bonds is 7. The second kappa shape index (κ2) is 10.1. The van der Waals surface area contributed by atoms with Crippen LogP contribution in [0.15, 0.2) is 36.4 Å². The number of ketones is 1. The molecule has 0 spiro atoms. The summed E-state index contributed by atoms with van der Waals surface area (Å²) in [6.45, 7) is 3.27. The Morgan fingerprint density at radius 1 is 1.13 bits per heavy atom. The number of benzene rings is 2. The topological polar surface area (TPSA) is 84.9 Å². The van der Waals surface area contributed by atoms with E-state index < -0.39 is 0 Å². The van der Waals surface area contributed by atoms with Gasteiger partial charge < -0.3 is 19.7 Å². The highest BCUT2D eigenvalue weighted by Crippen LogP contribution is 2.25. The van der Waals surface area contributed by atoms with Crippen molar-refractivity contribution in [3.8, 4) is 5.75 Å². The number of amides is 2. The van der Waals surface area contributed by atoms with Gasteiger partial charge in [-0.3, -0.25) is 9.59 Å². The third-order valence-corrected chi connectivity index (χ3v) is 5.32. The molecule has 2 aromatic carbocycles. The van der Waals surface area contributed by atoms with Gasteiger partial charge >= 0.3 is 12.0 Å². The molecule has 1 atom stereocenters. The first-order valence-electron chi connectivity index (χ1n) is 10.3. The molecule has 1 aliphatic rings. The molecule has 160 valence electrons. The van der Waals surface area contributed by atoms with Gasteiger partial charge in [-0.05, 0) is 48.7 Å². The van der Waals surface area contributed by atoms with Gasteiger partial charge in [0.2, 0.25) is 0 Å². The van der Waals surface area contributed by atoms with E-state index in [1.165, 1.54) is 0 Å². The van der Waals surface area contributed by atoms with E-state index in [9.17, 15) is 14.4 Å². The number of carbonyl (C=O) groups is 3. The first kappa shape index (κ1) is 21.6. The van der Waals surface area contributed by atoms with Gasteiger partial charge in [-0.25, -0.2) is 4.79 Å². The van der Waals surface area contributed by atoms with E-state index >= 15 is 0 Å². The van der Waals surface area contributed by atoms with Crippen LogP contribution >= 0.6 is 0 Å². The summed E-state index contributed by atoms with van der Waals surface area (Å²) in [4.78, 5) is 38.5. The van der Waals surface area contributed by atoms with E-state index in [1.54, 1.807) is 18.9 Å². The number of fused-ring (bicyclic) bond motifs is 1. The summed E-state index contributed by atoms with van der Waals surface area (Å²) in [5.74, 6) is 0.263. The molecule has 1 fully saturated rings. The van der Waals surface area contributed by atoms with Crippen molar-refractivity contribution in [3.05, 3.63) is 42.0 Å². The number of nitrogens with one attached hydrogen (secondary N) is 1. The summed E-state index contributed by atoms with van der Waals surface area (Å²) < 4.78 is 10.1. The fourth-order valence-corrected chi connectivity index (χ4v) is 3.73. The molecule has 1 unspecified atom stereocenters. The minimum absolute atomic E-state index is 0.0525. The standard InChI is InChI=1S/C23H28N2O5/c1-3-30-21(26)10-11-24-23(28)25-12-4-5-19(15-25)22(27)18-7-6-17-14-20(29-2)9-8-16(17)13-18/h6-9,13-14,19H,3-5,10-12,15H2,1-2H3,(H,24,28). The Bertz CT molecular complexity index is 927. The number of carbonyl (C=O) groups excluding carboxylic acids is 3. The fraction of sp³-hybridized carbons (Fsp3) is 0.435. The molecular formula is C23H28N2O5. The minimum Gasteiger partial charge on any atom is -0.497 e. The monoisotopic (exact) mass is 412 g/mol. The number of urea groups is 1. The van der Waals surface area contributed by atoms with Gasteiger partial charge in [-0.15, -0.1) is 0 Å². The highest BCUT2D eigenvalue weighted by molar-refractivity contribution is 6.01. The molecule has 0 aliphatic carbocycles. The van der Waals surface area contributed by atoms with Crippen molar-refractivity contribution in [3.63, 3.8) is 0 Å². The molecule has 1 saturated heterocycles. The number of hydrogen-bond acceptors (Lipinski definition) is 5. The lowest BCUT2D eigenvalue weighted by atomic mass is 9.89. The van der Waals surface area contributed by atoms with E-state index in [1.807, 2.05) is 36.4 Å². The van der Waals surface area contributed by atoms with Crippen molar-refractivity contribution >= 4 is 28.6 Å². The predicted molar refractivity (Wildman–Crippen MR) is 114 cm³/mol. The molecule has 1 aliphatic heterocycles. The molecule has 0 saturated carbocycles. The van der Waals surface area contributed by atoms with Crippen molar-refractivity contribution in [1.82, 2.24) is 10.2 Å². The zero-order valence-corrected chi connectivity index (χ0v) is 17.5. The van der Waals surface area contributed by atoms with E-state index in [2.05, 4.69) is 5.32 Å². The highest BCUT2D eigenvalue weighted by Gasteiger charge is 2.29. The zero-order chi connectivity index (χ0) is 21.5. The van der Waals surface area contributed by atoms with Gasteiger partial charge in [0.25, 0.3) is 0 Å². The van der Waals surface area contributed by atoms with E-state index in [4.69, 9.17) is 9.47 Å². The lowest BCUT2D eigenvalue weighted by Crippen LogP contribution is -2.47. The van der Waals surface area contributed by atoms with Crippen LogP contribution in [-0.4, -0.2) is 56.0 Å². The number of nitrogens with zero attached hydrogens (tertiary/aromatic N) is 1. The van der Waals surface area contributed by atoms with Crippen LogP contribution in [0, 0.1) is 5.92 Å². The number of likely N-dealkylation sites (tertiary alicyclic amines) is 1. The van der Waals surface area contributed by atoms with Crippen molar-refractivity contribution in [1.29, 1.82) is 0 Å². The van der Waals surface area contributed by atoms with Crippen molar-refractivity contribution < 1.29 is 23.9 Å². The summed E-state index contributed by atoms with van der Waals surface area (Å²) in [6, 6.07) is 11.2. The number of esters is 1. The molecule has 2 amide bonds. The predicted octanol–water partition coefficient (Wildman–Crippen LogP) is 3.41. The smallest absolute Gasteiger partial charge is 0.317 e. The summed E-state index contributed by atoms with van der Waals surface area (Å²) in [7, 11) is 1.63. The van der Waals surface area contributed by atoms with E-state index in [0.717, 1.165) is 29.4 Å². The molecule has 0 radical (unpaired) electrons. The normalized spacial score (nSPS) is 16.2. The lowest BCUT2D eigenvalue weighted by molar-refractivity contribution is -0.142. The zero-order valence-electron chi connectivity index (χ0n) is 17.5. The average Bonchev–Trinajstić information content (AvgIpc) is 2.78. The van der Waals surface area contributed by atoms with Crippen LogP contribution in [0.5, 0.6) is 5.75 Å². The third kappa shape index (κ3) is 5.28. The van der Waals surface area contributed by atoms with Crippen molar-refractivity contribution in [2.24, 2.45) is 5.92 Å². The van der Waals surface area contributed by atoms with Crippen molar-refractivity contribution in [2.45, 2.75) is 26.2 Å². The van der Waals surface area contributed by atoms with Gasteiger partial charge in [-0.2, -0.15) is 0 Å². The Labute approximate surface area is 176 Å². The Balaban J connectivity index is 1.60. The van der Waals surface area contributed by atoms with Crippen LogP contribution in [0.4, 0.5) is 4.79 Å². The Kier molecular flexibility index (Phi) is 7.27. The number of hydrogen-bond donors (Lipinski definition) is 1. The maximum Gasteiger partial charge on any atom is 0.317 e. The largest absolute Gasteiger partial charge is 0.497 e. The Morgan fingerprint density at radius 2 is 1.90 bits per heavy atom. The average molecular weight is 412 g/mol. The van der Waals surface area contributed by atoms with Crippen molar-refractivity contribution in [2.75, 3.05) is 33.4 Å². The molecule has 7 heteroatoms. The van der Waals surface area contributed by atoms with E-state index in [-0.39, 0.29) is 36.7 Å². The van der Waals surface area contributed by atoms with Crippen LogP contribution in [0.2, 0.25) is 0 Å². The quantitative estimate of drug-likeness (QED) is 0.556. The third-order valence-electron chi connectivity index (χ3n) is 5.32. The maximum atomic E-state index is 13.1. The summed E-state index contributed by atoms with van der Waals surface area (Å²) >= 11 is 0. The number of piperidine rings is 1. The second-order valence-electron chi connectivity index (χ2n) is 7.36. The molecule has 1 heterocycles. The minimum atomic E-state index is -0.335. The van der Waals surface area contributed by atoms with Crippen LogP contribution in [0.1, 0.15) is 36.5 Å². The van der Waals surface area contributed by atoms with Gasteiger partial charge in [0.15, 0.2) is 5.78 Å². The molecule has 30 heavy (non-hydrogen) atoms. The molecule has 7 nitrogen and oxygen atoms in total. The second-order valence-corrected chi connectivity index (χ2v) is 7.36. The first-order valence-corrected chi connectivity index (χ1v) is 10.3. The van der Waals surface area contributed by atoms with Gasteiger partial charge in [-0.1, -0.05) is 18.2 Å². The summed E-state index contributed by atoms with van der Waals surface area (Å²) in [5.41, 5.74) is 0.655. The number of methoxy groups -OCH3 is 1. The Hall–Kier alpha value is -3.09. The Morgan fingerprint density at radius 3 is 2.67 bits per heavy atom. The van der Waals surface area contributed by atoms with Crippen LogP contribution < -0.4 is 10.1 Å². The molecule has 1 N–H and O–H groups in total. The fourth-order valence-electron chi connectivity index (χ4n) is 3.73. The van der Waals surface area contributed by atoms with Gasteiger partial charge in [0.1, 0.15) is 5.75 Å². The summed E-state index contributed by atoms with van der Waals surface area (Å²) in [6.07, 6.45) is 1.66. The lowest BCUT2D eigenvalue weighted by Gasteiger charge is -2.32. The van der Waals surface area contributed by atoms with Crippen LogP contribution in [0.25, 0.3) is 10.8 Å². The first-order chi connectivity index (χ1) is 14.5. The maximum absolute atomic E-state index is 13.1. The van der Waals surface area contributed by atoms with Gasteiger partial charge in [0, 0.05) is 31.1 Å². The van der Waals surface area contributed by atoms with Crippen LogP contribution in [-0.2, 0) is 9.53 Å². The van der Waals surface area contributed by atoms with Crippen LogP contribution in [0.3, 0.4) is 0 Å². The SMILES string of the molecule is CCOC(=O)CCNC(=O)N1CCCC(C(=O)c2ccc3cc(OC)ccc3c2)C1. The molecule has 0 bridgehead atoms. The molecule has 0 aromatic heterocycles. The summed E-state index contributed by atoms with van der Waals surface area (Å²) in [5, 5.41) is 4.73.